The Morgan fingerprint density at radius 3 is 2.75 bits per heavy atom. The van der Waals surface area contributed by atoms with Crippen LogP contribution in [0.4, 0.5) is 0 Å². The second kappa shape index (κ2) is 3.53. The Morgan fingerprint density at radius 2 is 2.33 bits per heavy atom. The number of nitrogens with one attached hydrogen (secondary N) is 1. The van der Waals surface area contributed by atoms with E-state index in [0.29, 0.717) is 12.3 Å². The molecule has 0 spiro atoms. The SMILES string of the molecule is CC(C)C[C@H](N)C(=O)OC1=NN1. The number of nitrogens with two attached hydrogens (primary N) is 1. The van der Waals surface area contributed by atoms with E-state index in [1.807, 2.05) is 13.8 Å². The van der Waals surface area contributed by atoms with Gasteiger partial charge in [0.1, 0.15) is 6.04 Å². The standard InChI is InChI=1S/C7H13N3O2/c1-4(2)3-5(8)6(11)12-7-9-10-7/h4-5H,3,8H2,1-2H3,(H,9,10)/t5-/m0/s1. The van der Waals surface area contributed by atoms with E-state index in [1.165, 1.54) is 0 Å². The molecule has 0 amide bonds. The molecule has 1 aliphatic rings. The number of ether oxygens (including phenoxy) is 1. The summed E-state index contributed by atoms with van der Waals surface area (Å²) in [5.74, 6) is -0.0332. The molecule has 68 valence electrons. The normalized spacial score (nSPS) is 16.5. The molecule has 1 rings (SSSR count). The molecule has 0 unspecified atom stereocenters. The molecular formula is C7H13N3O2. The summed E-state index contributed by atoms with van der Waals surface area (Å²) >= 11 is 0. The van der Waals surface area contributed by atoms with E-state index in [-0.39, 0.29) is 6.02 Å². The predicted molar refractivity (Wildman–Crippen MR) is 44.1 cm³/mol. The van der Waals surface area contributed by atoms with Gasteiger partial charge < -0.3 is 10.5 Å². The minimum absolute atomic E-state index is 0.263. The van der Waals surface area contributed by atoms with Crippen LogP contribution >= 0.6 is 0 Å². The number of rotatable bonds is 3. The molecule has 0 aromatic rings. The smallest absolute Gasteiger partial charge is 0.335 e. The zero-order chi connectivity index (χ0) is 9.14. The number of hydrazone groups is 1. The van der Waals surface area contributed by atoms with Crippen LogP contribution in [0.15, 0.2) is 5.10 Å². The molecule has 0 aromatic heterocycles. The molecule has 0 bridgehead atoms. The molecule has 0 aliphatic carbocycles. The van der Waals surface area contributed by atoms with Crippen LogP contribution in [0.25, 0.3) is 0 Å². The van der Waals surface area contributed by atoms with E-state index >= 15 is 0 Å². The van der Waals surface area contributed by atoms with Gasteiger partial charge in [-0.3, -0.25) is 0 Å². The highest BCUT2D eigenvalue weighted by molar-refractivity contribution is 5.94. The van der Waals surface area contributed by atoms with Gasteiger partial charge in [-0.25, -0.2) is 10.2 Å². The summed E-state index contributed by atoms with van der Waals surface area (Å²) in [7, 11) is 0. The lowest BCUT2D eigenvalue weighted by atomic mass is 10.1. The molecule has 0 saturated heterocycles. The van der Waals surface area contributed by atoms with Crippen LogP contribution in [0.5, 0.6) is 0 Å². The Morgan fingerprint density at radius 1 is 1.75 bits per heavy atom. The lowest BCUT2D eigenvalue weighted by Gasteiger charge is -2.10. The molecule has 5 heteroatoms. The Hall–Kier alpha value is -1.10. The fourth-order valence-corrected chi connectivity index (χ4v) is 0.844. The lowest BCUT2D eigenvalue weighted by Crippen LogP contribution is -2.34. The number of hydrogen-bond donors (Lipinski definition) is 2. The Labute approximate surface area is 71.0 Å². The summed E-state index contributed by atoms with van der Waals surface area (Å²) in [5.41, 5.74) is 7.95. The van der Waals surface area contributed by atoms with Crippen molar-refractivity contribution in [2.45, 2.75) is 26.3 Å². The van der Waals surface area contributed by atoms with Crippen molar-refractivity contribution in [3.8, 4) is 0 Å². The van der Waals surface area contributed by atoms with Gasteiger partial charge in [-0.05, 0) is 12.3 Å². The second-order valence-electron chi connectivity index (χ2n) is 3.19. The van der Waals surface area contributed by atoms with Crippen molar-refractivity contribution in [2.75, 3.05) is 0 Å². The first-order chi connectivity index (χ1) is 5.59. The topological polar surface area (TPSA) is 86.6 Å². The molecular weight excluding hydrogens is 158 g/mol. The fraction of sp³-hybridized carbons (Fsp3) is 0.714. The van der Waals surface area contributed by atoms with Gasteiger partial charge in [0.2, 0.25) is 0 Å². The summed E-state index contributed by atoms with van der Waals surface area (Å²) in [6.45, 7) is 4.00. The summed E-state index contributed by atoms with van der Waals surface area (Å²) in [6.07, 6.45) is 0.631. The zero-order valence-electron chi connectivity index (χ0n) is 7.20. The third kappa shape index (κ3) is 2.87. The lowest BCUT2D eigenvalue weighted by molar-refractivity contribution is -0.137. The van der Waals surface area contributed by atoms with E-state index in [4.69, 9.17) is 10.5 Å². The maximum Gasteiger partial charge on any atom is 0.335 e. The average molecular weight is 171 g/mol. The minimum Gasteiger partial charge on any atom is -0.389 e. The summed E-state index contributed by atoms with van der Waals surface area (Å²) < 4.78 is 4.70. The largest absolute Gasteiger partial charge is 0.389 e. The van der Waals surface area contributed by atoms with E-state index in [0.717, 1.165) is 0 Å². The molecule has 12 heavy (non-hydrogen) atoms. The first-order valence-electron chi connectivity index (χ1n) is 3.90. The Kier molecular flexibility index (Phi) is 2.65. The first kappa shape index (κ1) is 8.99. The van der Waals surface area contributed by atoms with Gasteiger partial charge in [0, 0.05) is 0 Å². The molecule has 0 saturated carbocycles. The monoisotopic (exact) mass is 171 g/mol. The van der Waals surface area contributed by atoms with Crippen LogP contribution in [0.2, 0.25) is 0 Å². The number of nitrogens with zero attached hydrogens (tertiary/aromatic N) is 1. The number of amidine groups is 1. The number of carbonyl (C=O) groups excluding carboxylic acids is 1. The van der Waals surface area contributed by atoms with E-state index in [9.17, 15) is 4.79 Å². The van der Waals surface area contributed by atoms with Crippen molar-refractivity contribution < 1.29 is 9.53 Å². The molecule has 1 heterocycles. The van der Waals surface area contributed by atoms with Gasteiger partial charge in [-0.1, -0.05) is 13.8 Å². The highest BCUT2D eigenvalue weighted by Crippen LogP contribution is 2.04. The summed E-state index contributed by atoms with van der Waals surface area (Å²) in [5, 5.41) is 3.47. The summed E-state index contributed by atoms with van der Waals surface area (Å²) in [4.78, 5) is 11.1. The van der Waals surface area contributed by atoms with Crippen LogP contribution in [0, 0.1) is 5.92 Å². The van der Waals surface area contributed by atoms with E-state index in [1.54, 1.807) is 0 Å². The molecule has 0 fully saturated rings. The molecule has 3 N–H and O–H groups in total. The highest BCUT2D eigenvalue weighted by atomic mass is 16.6. The molecule has 1 atom stereocenters. The maximum atomic E-state index is 11.1. The molecule has 0 aromatic carbocycles. The van der Waals surface area contributed by atoms with Gasteiger partial charge in [0.25, 0.3) is 0 Å². The fourth-order valence-electron chi connectivity index (χ4n) is 0.844. The third-order valence-corrected chi connectivity index (χ3v) is 1.43. The van der Waals surface area contributed by atoms with Crippen LogP contribution < -0.4 is 11.2 Å². The van der Waals surface area contributed by atoms with Gasteiger partial charge in [-0.15, -0.1) is 5.10 Å². The first-order valence-corrected chi connectivity index (χ1v) is 3.90. The quantitative estimate of drug-likeness (QED) is 0.574. The van der Waals surface area contributed by atoms with Crippen molar-refractivity contribution in [1.82, 2.24) is 5.43 Å². The van der Waals surface area contributed by atoms with Crippen molar-refractivity contribution in [3.05, 3.63) is 0 Å². The van der Waals surface area contributed by atoms with E-state index in [2.05, 4.69) is 10.5 Å². The number of esters is 1. The number of carbonyl (C=O) groups is 1. The zero-order valence-corrected chi connectivity index (χ0v) is 7.20. The Balaban J connectivity index is 2.24. The van der Waals surface area contributed by atoms with Gasteiger partial charge >= 0.3 is 12.0 Å². The van der Waals surface area contributed by atoms with Crippen LogP contribution in [-0.2, 0) is 9.53 Å². The van der Waals surface area contributed by atoms with Crippen LogP contribution in [0.3, 0.4) is 0 Å². The van der Waals surface area contributed by atoms with Gasteiger partial charge in [-0.2, -0.15) is 0 Å². The minimum atomic E-state index is -0.546. The van der Waals surface area contributed by atoms with Crippen molar-refractivity contribution in [1.29, 1.82) is 0 Å². The van der Waals surface area contributed by atoms with Gasteiger partial charge in [0.05, 0.1) is 0 Å². The highest BCUT2D eigenvalue weighted by Gasteiger charge is 2.22. The Bertz CT molecular complexity index is 213. The third-order valence-electron chi connectivity index (χ3n) is 1.43. The van der Waals surface area contributed by atoms with Crippen LogP contribution in [-0.4, -0.2) is 18.0 Å². The molecule has 0 radical (unpaired) electrons. The predicted octanol–water partition coefficient (Wildman–Crippen LogP) is -0.223. The second-order valence-corrected chi connectivity index (χ2v) is 3.19. The van der Waals surface area contributed by atoms with Gasteiger partial charge in [0.15, 0.2) is 0 Å². The van der Waals surface area contributed by atoms with Crippen LogP contribution in [0.1, 0.15) is 20.3 Å². The van der Waals surface area contributed by atoms with E-state index < -0.39 is 12.0 Å². The van der Waals surface area contributed by atoms with Crippen molar-refractivity contribution in [3.63, 3.8) is 0 Å². The average Bonchev–Trinajstić information content (AvgIpc) is 2.70. The summed E-state index contributed by atoms with van der Waals surface area (Å²) in [6, 6.07) is -0.283. The van der Waals surface area contributed by atoms with Crippen molar-refractivity contribution in [2.24, 2.45) is 16.8 Å². The molecule has 1 aliphatic heterocycles. The number of hydrogen-bond acceptors (Lipinski definition) is 5. The van der Waals surface area contributed by atoms with Crippen molar-refractivity contribution >= 4 is 12.0 Å². The molecule has 5 nitrogen and oxygen atoms in total. The maximum absolute atomic E-state index is 11.1.